The molecule has 0 saturated heterocycles. The van der Waals surface area contributed by atoms with Crippen molar-refractivity contribution >= 4 is 0 Å². The van der Waals surface area contributed by atoms with Gasteiger partial charge in [-0.3, -0.25) is 0 Å². The van der Waals surface area contributed by atoms with Gasteiger partial charge < -0.3 is 9.84 Å². The van der Waals surface area contributed by atoms with Crippen molar-refractivity contribution in [3.63, 3.8) is 0 Å². The monoisotopic (exact) mass is 265 g/mol. The van der Waals surface area contributed by atoms with Crippen LogP contribution >= 0.6 is 0 Å². The Hall–Kier alpha value is -0.900. The Morgan fingerprint density at radius 2 is 2.16 bits per heavy atom. The van der Waals surface area contributed by atoms with E-state index in [1.54, 1.807) is 0 Å². The Morgan fingerprint density at radius 1 is 1.37 bits per heavy atom. The second-order valence-corrected chi connectivity index (χ2v) is 6.14. The minimum Gasteiger partial charge on any atom is -0.339 e. The summed E-state index contributed by atoms with van der Waals surface area (Å²) in [5.74, 6) is 3.18. The molecule has 1 atom stereocenters. The van der Waals surface area contributed by atoms with E-state index in [-0.39, 0.29) is 0 Å². The van der Waals surface area contributed by atoms with E-state index in [4.69, 9.17) is 4.52 Å². The summed E-state index contributed by atoms with van der Waals surface area (Å²) in [5, 5.41) is 7.70. The third-order valence-corrected chi connectivity index (χ3v) is 3.70. The first-order valence-electron chi connectivity index (χ1n) is 7.73. The molecule has 4 nitrogen and oxygen atoms in total. The van der Waals surface area contributed by atoms with E-state index in [2.05, 4.69) is 36.2 Å². The van der Waals surface area contributed by atoms with Crippen LogP contribution in [0.2, 0.25) is 0 Å². The molecule has 1 aliphatic rings. The number of aryl methyl sites for hydroxylation is 1. The van der Waals surface area contributed by atoms with Gasteiger partial charge >= 0.3 is 0 Å². The number of rotatable bonds is 9. The van der Waals surface area contributed by atoms with Gasteiger partial charge in [0.2, 0.25) is 5.89 Å². The van der Waals surface area contributed by atoms with Gasteiger partial charge in [0.25, 0.3) is 0 Å². The zero-order valence-corrected chi connectivity index (χ0v) is 12.5. The Labute approximate surface area is 116 Å². The third-order valence-electron chi connectivity index (χ3n) is 3.70. The van der Waals surface area contributed by atoms with Gasteiger partial charge in [0.05, 0.1) is 0 Å². The highest BCUT2D eigenvalue weighted by Crippen LogP contribution is 2.33. The van der Waals surface area contributed by atoms with Crippen LogP contribution in [-0.2, 0) is 12.8 Å². The Kier molecular flexibility index (Phi) is 5.37. The lowest BCUT2D eigenvalue weighted by molar-refractivity contribution is 0.342. The summed E-state index contributed by atoms with van der Waals surface area (Å²) in [7, 11) is 0. The third kappa shape index (κ3) is 4.94. The molecule has 1 heterocycles. The maximum atomic E-state index is 5.38. The molecule has 0 aromatic carbocycles. The van der Waals surface area contributed by atoms with Gasteiger partial charge in [0, 0.05) is 18.9 Å². The fourth-order valence-corrected chi connectivity index (χ4v) is 2.31. The number of nitrogens with zero attached hydrogens (tertiary/aromatic N) is 2. The highest BCUT2D eigenvalue weighted by molar-refractivity contribution is 4.95. The molecular formula is C15H27N3O. The molecule has 0 bridgehead atoms. The molecule has 1 aromatic heterocycles. The minimum atomic E-state index is 0.526. The molecule has 0 radical (unpaired) electrons. The van der Waals surface area contributed by atoms with Crippen LogP contribution in [0, 0.1) is 11.8 Å². The van der Waals surface area contributed by atoms with E-state index in [0.29, 0.717) is 12.0 Å². The Bertz CT molecular complexity index is 371. The van der Waals surface area contributed by atoms with Gasteiger partial charge in [0.15, 0.2) is 5.82 Å². The number of nitrogens with one attached hydrogen (secondary N) is 1. The molecule has 0 aliphatic heterocycles. The summed E-state index contributed by atoms with van der Waals surface area (Å²) >= 11 is 0. The van der Waals surface area contributed by atoms with Crippen LogP contribution < -0.4 is 5.32 Å². The van der Waals surface area contributed by atoms with Crippen molar-refractivity contribution in [2.45, 2.75) is 65.3 Å². The van der Waals surface area contributed by atoms with Crippen molar-refractivity contribution in [2.24, 2.45) is 11.8 Å². The van der Waals surface area contributed by atoms with Gasteiger partial charge in [-0.1, -0.05) is 25.9 Å². The Balaban J connectivity index is 1.83. The quantitative estimate of drug-likeness (QED) is 0.746. The van der Waals surface area contributed by atoms with Crippen LogP contribution in [0.3, 0.4) is 0 Å². The summed E-state index contributed by atoms with van der Waals surface area (Å²) in [6.45, 7) is 7.72. The summed E-state index contributed by atoms with van der Waals surface area (Å²) < 4.78 is 5.38. The zero-order valence-electron chi connectivity index (χ0n) is 12.5. The van der Waals surface area contributed by atoms with Crippen LogP contribution in [0.5, 0.6) is 0 Å². The van der Waals surface area contributed by atoms with E-state index < -0.39 is 0 Å². The molecule has 1 saturated carbocycles. The molecule has 1 aromatic rings. The fourth-order valence-electron chi connectivity index (χ4n) is 2.31. The molecule has 0 amide bonds. The smallest absolute Gasteiger partial charge is 0.228 e. The number of aromatic nitrogens is 2. The van der Waals surface area contributed by atoms with Crippen LogP contribution in [0.4, 0.5) is 0 Å². The van der Waals surface area contributed by atoms with Crippen molar-refractivity contribution in [3.8, 4) is 0 Å². The van der Waals surface area contributed by atoms with Gasteiger partial charge in [-0.2, -0.15) is 4.98 Å². The van der Waals surface area contributed by atoms with Gasteiger partial charge in [0.1, 0.15) is 0 Å². The zero-order chi connectivity index (χ0) is 13.7. The van der Waals surface area contributed by atoms with Crippen molar-refractivity contribution in [1.82, 2.24) is 15.5 Å². The molecule has 1 N–H and O–H groups in total. The molecule has 1 aliphatic carbocycles. The van der Waals surface area contributed by atoms with Gasteiger partial charge in [-0.15, -0.1) is 0 Å². The lowest BCUT2D eigenvalue weighted by Gasteiger charge is -2.15. The molecule has 4 heteroatoms. The van der Waals surface area contributed by atoms with Crippen molar-refractivity contribution < 1.29 is 4.52 Å². The maximum absolute atomic E-state index is 5.38. The second-order valence-electron chi connectivity index (χ2n) is 6.14. The largest absolute Gasteiger partial charge is 0.339 e. The van der Waals surface area contributed by atoms with E-state index in [0.717, 1.165) is 43.4 Å². The molecule has 108 valence electrons. The first kappa shape index (κ1) is 14.5. The minimum absolute atomic E-state index is 0.526. The standard InChI is InChI=1S/C15H27N3O/c1-4-9-16-13(12-6-7-12)10-15-17-14(18-19-15)8-5-11(2)3/h11-13,16H,4-10H2,1-3H3. The first-order chi connectivity index (χ1) is 9.19. The summed E-state index contributed by atoms with van der Waals surface area (Å²) in [5.41, 5.74) is 0. The normalized spacial score (nSPS) is 17.1. The summed E-state index contributed by atoms with van der Waals surface area (Å²) in [6, 6.07) is 0.526. The average Bonchev–Trinajstić information content (AvgIpc) is 3.13. The van der Waals surface area contributed by atoms with E-state index in [1.165, 1.54) is 19.3 Å². The van der Waals surface area contributed by atoms with E-state index in [1.807, 2.05) is 0 Å². The second kappa shape index (κ2) is 7.04. The molecule has 2 rings (SSSR count). The first-order valence-corrected chi connectivity index (χ1v) is 7.73. The van der Waals surface area contributed by atoms with Gasteiger partial charge in [-0.05, 0) is 44.1 Å². The predicted molar refractivity (Wildman–Crippen MR) is 76.0 cm³/mol. The van der Waals surface area contributed by atoms with Crippen LogP contribution in [0.1, 0.15) is 58.2 Å². The van der Waals surface area contributed by atoms with Crippen molar-refractivity contribution in [2.75, 3.05) is 6.54 Å². The molecule has 0 spiro atoms. The van der Waals surface area contributed by atoms with Crippen molar-refractivity contribution in [1.29, 1.82) is 0 Å². The predicted octanol–water partition coefficient (Wildman–Crippen LogP) is 2.98. The molecule has 1 unspecified atom stereocenters. The molecular weight excluding hydrogens is 238 g/mol. The highest BCUT2D eigenvalue weighted by Gasteiger charge is 2.32. The summed E-state index contributed by atoms with van der Waals surface area (Å²) in [4.78, 5) is 4.52. The lowest BCUT2D eigenvalue weighted by atomic mass is 10.1. The van der Waals surface area contributed by atoms with Crippen LogP contribution in [0.15, 0.2) is 4.52 Å². The lowest BCUT2D eigenvalue weighted by Crippen LogP contribution is -2.33. The van der Waals surface area contributed by atoms with Crippen LogP contribution in [0.25, 0.3) is 0 Å². The SMILES string of the molecule is CCCNC(Cc1nc(CCC(C)C)no1)C1CC1. The topological polar surface area (TPSA) is 51.0 Å². The molecule has 19 heavy (non-hydrogen) atoms. The van der Waals surface area contributed by atoms with Crippen molar-refractivity contribution in [3.05, 3.63) is 11.7 Å². The van der Waals surface area contributed by atoms with E-state index >= 15 is 0 Å². The molecule has 1 fully saturated rings. The van der Waals surface area contributed by atoms with Crippen LogP contribution in [-0.4, -0.2) is 22.7 Å². The highest BCUT2D eigenvalue weighted by atomic mass is 16.5. The maximum Gasteiger partial charge on any atom is 0.228 e. The number of hydrogen-bond acceptors (Lipinski definition) is 4. The summed E-state index contributed by atoms with van der Waals surface area (Å²) in [6.07, 6.45) is 6.80. The average molecular weight is 265 g/mol. The number of hydrogen-bond donors (Lipinski definition) is 1. The fraction of sp³-hybridized carbons (Fsp3) is 0.867. The Morgan fingerprint density at radius 3 is 2.79 bits per heavy atom. The van der Waals surface area contributed by atoms with Gasteiger partial charge in [-0.25, -0.2) is 0 Å². The van der Waals surface area contributed by atoms with E-state index in [9.17, 15) is 0 Å².